The highest BCUT2D eigenvalue weighted by Crippen LogP contribution is 2.33. The van der Waals surface area contributed by atoms with Crippen LogP contribution in [0.2, 0.25) is 0 Å². The molecule has 1 heterocycles. The molecular weight excluding hydrogens is 137 g/mol. The van der Waals surface area contributed by atoms with Crippen molar-refractivity contribution < 1.29 is 9.79 Å². The van der Waals surface area contributed by atoms with Crippen LogP contribution in [-0.2, 0) is 0 Å². The fourth-order valence-electron chi connectivity index (χ4n) is 1.03. The number of hydrogen-bond donors (Lipinski definition) is 3. The molecule has 0 aromatic heterocycles. The molecule has 1 saturated heterocycles. The van der Waals surface area contributed by atoms with Crippen molar-refractivity contribution in [3.05, 3.63) is 0 Å². The lowest BCUT2D eigenvalue weighted by Gasteiger charge is -2.23. The van der Waals surface area contributed by atoms with Gasteiger partial charge in [0.05, 0.1) is 5.78 Å². The van der Waals surface area contributed by atoms with Crippen molar-refractivity contribution in [3.63, 3.8) is 0 Å². The summed E-state index contributed by atoms with van der Waals surface area (Å²) in [6.07, 6.45) is 3.20. The quantitative estimate of drug-likeness (QED) is 0.472. The van der Waals surface area contributed by atoms with Crippen LogP contribution in [0.5, 0.6) is 0 Å². The largest absolute Gasteiger partial charge is 0.349 e. The zero-order chi connectivity index (χ0) is 6.69. The second kappa shape index (κ2) is 3.47. The Balaban J connectivity index is 2.23. The molecule has 1 rings (SSSR count). The first-order valence-corrected chi connectivity index (χ1v) is 4.53. The molecule has 4 heteroatoms. The van der Waals surface area contributed by atoms with E-state index < -0.39 is 8.38 Å². The Bertz CT molecular complexity index is 83.0. The molecule has 0 aliphatic carbocycles. The molecule has 9 heavy (non-hydrogen) atoms. The van der Waals surface area contributed by atoms with Gasteiger partial charge in [-0.15, -0.1) is 0 Å². The first kappa shape index (κ1) is 7.42. The Hall–Kier alpha value is 0.310. The third kappa shape index (κ3) is 2.18. The standard InChI is InChI=1S/C5H12NO2P/c7-9(8)5-3-1-2-4-6-5/h5-8H,1-4H2. The predicted octanol–water partition coefficient (Wildman–Crippen LogP) is 0.382. The molecule has 1 atom stereocenters. The van der Waals surface area contributed by atoms with E-state index in [4.69, 9.17) is 9.79 Å². The van der Waals surface area contributed by atoms with E-state index in [9.17, 15) is 0 Å². The summed E-state index contributed by atoms with van der Waals surface area (Å²) in [5, 5.41) is 3.05. The highest BCUT2D eigenvalue weighted by atomic mass is 31.2. The third-order valence-electron chi connectivity index (χ3n) is 1.56. The van der Waals surface area contributed by atoms with Crippen LogP contribution in [0.15, 0.2) is 0 Å². The van der Waals surface area contributed by atoms with E-state index in [1.165, 1.54) is 6.42 Å². The maximum atomic E-state index is 8.74. The Labute approximate surface area is 56.0 Å². The maximum absolute atomic E-state index is 8.74. The minimum atomic E-state index is -1.73. The number of piperidine rings is 1. The van der Waals surface area contributed by atoms with Crippen molar-refractivity contribution in [2.75, 3.05) is 6.54 Å². The van der Waals surface area contributed by atoms with Crippen LogP contribution in [-0.4, -0.2) is 22.1 Å². The normalized spacial score (nSPS) is 29.0. The summed E-state index contributed by atoms with van der Waals surface area (Å²) in [4.78, 5) is 17.5. The first-order valence-electron chi connectivity index (χ1n) is 3.21. The molecule has 0 aromatic carbocycles. The number of rotatable bonds is 1. The molecule has 0 spiro atoms. The van der Waals surface area contributed by atoms with Gasteiger partial charge in [-0.1, -0.05) is 6.42 Å². The molecule has 0 aromatic rings. The van der Waals surface area contributed by atoms with E-state index in [1.807, 2.05) is 0 Å². The van der Waals surface area contributed by atoms with Crippen molar-refractivity contribution in [1.29, 1.82) is 0 Å². The smallest absolute Gasteiger partial charge is 0.183 e. The van der Waals surface area contributed by atoms with Crippen LogP contribution in [0.4, 0.5) is 0 Å². The van der Waals surface area contributed by atoms with Gasteiger partial charge in [-0.05, 0) is 19.4 Å². The average Bonchev–Trinajstić information content (AvgIpc) is 1.90. The van der Waals surface area contributed by atoms with Gasteiger partial charge in [0.2, 0.25) is 0 Å². The minimum Gasteiger partial charge on any atom is -0.349 e. The van der Waals surface area contributed by atoms with E-state index >= 15 is 0 Å². The fourth-order valence-corrected chi connectivity index (χ4v) is 1.74. The summed E-state index contributed by atoms with van der Waals surface area (Å²) in [7, 11) is -1.73. The van der Waals surface area contributed by atoms with E-state index in [-0.39, 0.29) is 5.78 Å². The molecule has 1 unspecified atom stereocenters. The second-order valence-electron chi connectivity index (χ2n) is 2.29. The third-order valence-corrected chi connectivity index (χ3v) is 2.56. The maximum Gasteiger partial charge on any atom is 0.183 e. The van der Waals surface area contributed by atoms with Crippen LogP contribution < -0.4 is 5.32 Å². The predicted molar refractivity (Wildman–Crippen MR) is 37.0 cm³/mol. The lowest BCUT2D eigenvalue weighted by Crippen LogP contribution is -2.32. The Kier molecular flexibility index (Phi) is 2.86. The molecule has 3 nitrogen and oxygen atoms in total. The summed E-state index contributed by atoms with van der Waals surface area (Å²) >= 11 is 0. The van der Waals surface area contributed by atoms with Gasteiger partial charge in [0.1, 0.15) is 0 Å². The van der Waals surface area contributed by atoms with E-state index in [2.05, 4.69) is 5.32 Å². The Morgan fingerprint density at radius 3 is 2.44 bits per heavy atom. The molecule has 1 aliphatic rings. The topological polar surface area (TPSA) is 52.5 Å². The van der Waals surface area contributed by atoms with Crippen LogP contribution in [0.3, 0.4) is 0 Å². The summed E-state index contributed by atoms with van der Waals surface area (Å²) < 4.78 is 0. The molecule has 0 saturated carbocycles. The van der Waals surface area contributed by atoms with Crippen molar-refractivity contribution >= 4 is 8.38 Å². The number of hydrogen-bond acceptors (Lipinski definition) is 3. The van der Waals surface area contributed by atoms with Crippen LogP contribution in [0.25, 0.3) is 0 Å². The number of nitrogens with one attached hydrogen (secondary N) is 1. The zero-order valence-corrected chi connectivity index (χ0v) is 6.14. The minimum absolute atomic E-state index is 0.0197. The van der Waals surface area contributed by atoms with Crippen molar-refractivity contribution in [2.45, 2.75) is 25.0 Å². The molecule has 54 valence electrons. The summed E-state index contributed by atoms with van der Waals surface area (Å²) in [5.41, 5.74) is 0. The van der Waals surface area contributed by atoms with Crippen LogP contribution in [0, 0.1) is 0 Å². The molecule has 0 bridgehead atoms. The average molecular weight is 149 g/mol. The lowest BCUT2D eigenvalue weighted by molar-refractivity contribution is 0.404. The SMILES string of the molecule is OP(O)C1CCCCN1. The van der Waals surface area contributed by atoms with E-state index in [0.29, 0.717) is 0 Å². The molecule has 0 amide bonds. The molecule has 1 fully saturated rings. The van der Waals surface area contributed by atoms with Gasteiger partial charge in [0.15, 0.2) is 8.38 Å². The fraction of sp³-hybridized carbons (Fsp3) is 1.00. The molecule has 1 aliphatic heterocycles. The highest BCUT2D eigenvalue weighted by molar-refractivity contribution is 7.45. The van der Waals surface area contributed by atoms with Gasteiger partial charge in [-0.3, -0.25) is 0 Å². The van der Waals surface area contributed by atoms with Gasteiger partial charge >= 0.3 is 0 Å². The molecular formula is C5H12NO2P. The van der Waals surface area contributed by atoms with E-state index in [1.54, 1.807) is 0 Å². The summed E-state index contributed by atoms with van der Waals surface area (Å²) in [6.45, 7) is 0.935. The molecule has 0 radical (unpaired) electrons. The monoisotopic (exact) mass is 149 g/mol. The van der Waals surface area contributed by atoms with E-state index in [0.717, 1.165) is 19.4 Å². The zero-order valence-electron chi connectivity index (χ0n) is 5.25. The van der Waals surface area contributed by atoms with Gasteiger partial charge in [-0.2, -0.15) is 0 Å². The Morgan fingerprint density at radius 2 is 2.11 bits per heavy atom. The molecule has 3 N–H and O–H groups in total. The van der Waals surface area contributed by atoms with Crippen molar-refractivity contribution in [1.82, 2.24) is 5.32 Å². The summed E-state index contributed by atoms with van der Waals surface area (Å²) in [6, 6.07) is 0. The van der Waals surface area contributed by atoms with Crippen LogP contribution >= 0.6 is 8.38 Å². The highest BCUT2D eigenvalue weighted by Gasteiger charge is 2.18. The van der Waals surface area contributed by atoms with Crippen molar-refractivity contribution in [2.24, 2.45) is 0 Å². The Morgan fingerprint density at radius 1 is 1.33 bits per heavy atom. The van der Waals surface area contributed by atoms with Gasteiger partial charge in [0.25, 0.3) is 0 Å². The van der Waals surface area contributed by atoms with Gasteiger partial charge < -0.3 is 15.1 Å². The van der Waals surface area contributed by atoms with Gasteiger partial charge in [0, 0.05) is 0 Å². The second-order valence-corrected chi connectivity index (χ2v) is 3.55. The lowest BCUT2D eigenvalue weighted by atomic mass is 10.2. The van der Waals surface area contributed by atoms with Crippen LogP contribution in [0.1, 0.15) is 19.3 Å². The van der Waals surface area contributed by atoms with Crippen molar-refractivity contribution in [3.8, 4) is 0 Å². The first-order chi connectivity index (χ1) is 4.30. The summed E-state index contributed by atoms with van der Waals surface area (Å²) in [5.74, 6) is -0.0197. The van der Waals surface area contributed by atoms with Gasteiger partial charge in [-0.25, -0.2) is 0 Å².